The van der Waals surface area contributed by atoms with Gasteiger partial charge in [-0.15, -0.1) is 0 Å². The fraction of sp³-hybridized carbons (Fsp3) is 0. The Balaban J connectivity index is -0.00000000500. The molecule has 0 bridgehead atoms. The van der Waals surface area contributed by atoms with E-state index in [1.54, 1.807) is 0 Å². The van der Waals surface area contributed by atoms with Crippen molar-refractivity contribution in [2.24, 2.45) is 0 Å². The van der Waals surface area contributed by atoms with Crippen molar-refractivity contribution in [3.63, 3.8) is 0 Å². The van der Waals surface area contributed by atoms with E-state index in [0.717, 1.165) is 0 Å². The Morgan fingerprint density at radius 2 is 1.25 bits per heavy atom. The van der Waals surface area contributed by atoms with Crippen LogP contribution in [0.3, 0.4) is 0 Å². The van der Waals surface area contributed by atoms with Gasteiger partial charge in [-0.3, -0.25) is 0 Å². The van der Waals surface area contributed by atoms with E-state index >= 15 is 0 Å². The first-order chi connectivity index (χ1) is 1.00. The van der Waals surface area contributed by atoms with E-state index in [1.807, 2.05) is 0 Å². The van der Waals surface area contributed by atoms with Gasteiger partial charge in [-0.1, -0.05) is 0 Å². The molecule has 0 aliphatic carbocycles. The molecule has 0 atom stereocenters. The first-order valence-electron chi connectivity index (χ1n) is 0.129. The molecule has 0 radical (unpaired) electrons. The fourth-order valence-electron chi connectivity index (χ4n) is 0. The van der Waals surface area contributed by atoms with Gasteiger partial charge in [0.15, 0.2) is 0 Å². The molecule has 2 nitrogen and oxygen atoms in total. The van der Waals surface area contributed by atoms with Crippen molar-refractivity contribution in [1.29, 1.82) is 0 Å². The van der Waals surface area contributed by atoms with Gasteiger partial charge in [0.1, 0.15) is 0 Å². The first-order valence-corrected chi connectivity index (χ1v) is 0.532. The summed E-state index contributed by atoms with van der Waals surface area (Å²) < 4.78 is 7.88. The SMILES string of the molecule is [Mg+2].[O-2].[O]=[Ni]. The Bertz CT molecular complexity index is 6.00. The summed E-state index contributed by atoms with van der Waals surface area (Å²) in [7, 11) is 0. The molecule has 0 fully saturated rings. The average molecular weight is 115 g/mol. The topological polar surface area (TPSA) is 45.6 Å². The van der Waals surface area contributed by atoms with Gasteiger partial charge in [-0.05, 0) is 0 Å². The molecule has 24 valence electrons. The fourth-order valence-corrected chi connectivity index (χ4v) is 0. The number of hydrogen-bond donors (Lipinski definition) is 0. The van der Waals surface area contributed by atoms with Crippen LogP contribution in [0.2, 0.25) is 0 Å². The average Bonchev–Trinajstić information content (AvgIpc) is 1.00. The second-order valence-electron chi connectivity index (χ2n) is 0. The summed E-state index contributed by atoms with van der Waals surface area (Å²) in [6.07, 6.45) is 0. The molecule has 0 aromatic heterocycles. The van der Waals surface area contributed by atoms with Crippen molar-refractivity contribution in [2.75, 3.05) is 0 Å². The molecule has 0 rings (SSSR count). The normalized spacial score (nSPS) is 1.50. The predicted octanol–water partition coefficient (Wildman–Crippen LogP) is -0.621. The summed E-state index contributed by atoms with van der Waals surface area (Å²) in [5.74, 6) is 0. The Morgan fingerprint density at radius 3 is 1.25 bits per heavy atom. The molecular formula is MgNiO2. The minimum atomic E-state index is 0. The zero-order chi connectivity index (χ0) is 2.00. The molecule has 0 unspecified atom stereocenters. The van der Waals surface area contributed by atoms with Crippen molar-refractivity contribution in [2.45, 2.75) is 0 Å². The molecule has 0 aliphatic rings. The Labute approximate surface area is 48.0 Å². The van der Waals surface area contributed by atoms with E-state index in [2.05, 4.69) is 15.4 Å². The van der Waals surface area contributed by atoms with Gasteiger partial charge in [-0.25, -0.2) is 0 Å². The van der Waals surface area contributed by atoms with Crippen LogP contribution in [0.1, 0.15) is 0 Å². The zero-order valence-electron chi connectivity index (χ0n) is 1.84. The van der Waals surface area contributed by atoms with Gasteiger partial charge in [-0.2, -0.15) is 0 Å². The van der Waals surface area contributed by atoms with E-state index in [1.165, 1.54) is 0 Å². The summed E-state index contributed by atoms with van der Waals surface area (Å²) in [6, 6.07) is 0. The molecule has 4 heteroatoms. The van der Waals surface area contributed by atoms with Crippen molar-refractivity contribution < 1.29 is 24.8 Å². The molecule has 0 aromatic rings. The van der Waals surface area contributed by atoms with E-state index in [-0.39, 0.29) is 28.5 Å². The van der Waals surface area contributed by atoms with Crippen molar-refractivity contribution in [3.05, 3.63) is 0 Å². The maximum atomic E-state index is 7.88. The molecular weight excluding hydrogens is 115 g/mol. The van der Waals surface area contributed by atoms with E-state index < -0.39 is 0 Å². The minimum absolute atomic E-state index is 0. The zero-order valence-corrected chi connectivity index (χ0v) is 4.24. The molecule has 0 amide bonds. The number of rotatable bonds is 0. The third kappa shape index (κ3) is 11.8. The molecule has 4 heavy (non-hydrogen) atoms. The molecule has 0 heterocycles. The van der Waals surface area contributed by atoms with Crippen LogP contribution in [0.15, 0.2) is 0 Å². The van der Waals surface area contributed by atoms with Gasteiger partial charge in [0.2, 0.25) is 0 Å². The summed E-state index contributed by atoms with van der Waals surface area (Å²) in [4.78, 5) is 0. The van der Waals surface area contributed by atoms with Crippen LogP contribution in [0, 0.1) is 0 Å². The third-order valence-electron chi connectivity index (χ3n) is 0. The Kier molecular flexibility index (Phi) is 175. The summed E-state index contributed by atoms with van der Waals surface area (Å²) in [5.41, 5.74) is 0. The maximum absolute atomic E-state index is 7.88. The van der Waals surface area contributed by atoms with Crippen LogP contribution in [-0.2, 0) is 24.8 Å². The van der Waals surface area contributed by atoms with Gasteiger partial charge in [0, 0.05) is 0 Å². The molecule has 0 saturated carbocycles. The van der Waals surface area contributed by atoms with Crippen LogP contribution in [0.4, 0.5) is 0 Å². The van der Waals surface area contributed by atoms with E-state index in [9.17, 15) is 0 Å². The number of hydrogen-bond acceptors (Lipinski definition) is 1. The molecule has 0 aliphatic heterocycles. The van der Waals surface area contributed by atoms with Gasteiger partial charge in [0.05, 0.1) is 0 Å². The standard InChI is InChI=1S/Mg.Ni.2O/q+2;;;-2. The van der Waals surface area contributed by atoms with Gasteiger partial charge >= 0.3 is 42.3 Å². The van der Waals surface area contributed by atoms with Crippen LogP contribution >= 0.6 is 0 Å². The van der Waals surface area contributed by atoms with Gasteiger partial charge in [0.25, 0.3) is 0 Å². The first kappa shape index (κ1) is 19.9. The van der Waals surface area contributed by atoms with Crippen LogP contribution < -0.4 is 0 Å². The molecule has 0 aromatic carbocycles. The van der Waals surface area contributed by atoms with Crippen LogP contribution in [0.25, 0.3) is 0 Å². The van der Waals surface area contributed by atoms with Crippen molar-refractivity contribution >= 4 is 23.1 Å². The second-order valence-corrected chi connectivity index (χ2v) is 0. The van der Waals surface area contributed by atoms with Crippen molar-refractivity contribution in [3.8, 4) is 0 Å². The van der Waals surface area contributed by atoms with Crippen molar-refractivity contribution in [1.82, 2.24) is 0 Å². The second kappa shape index (κ2) is 35.2. The van der Waals surface area contributed by atoms with Gasteiger partial charge < -0.3 is 5.48 Å². The van der Waals surface area contributed by atoms with Crippen LogP contribution in [0.5, 0.6) is 0 Å². The quantitative estimate of drug-likeness (QED) is 0.388. The summed E-state index contributed by atoms with van der Waals surface area (Å²) in [6.45, 7) is 0. The summed E-state index contributed by atoms with van der Waals surface area (Å²) >= 11 is 2.62. The predicted molar refractivity (Wildman–Crippen MR) is 7.13 cm³/mol. The molecule has 0 N–H and O–H groups in total. The third-order valence-corrected chi connectivity index (χ3v) is 0. The van der Waals surface area contributed by atoms with Crippen LogP contribution in [-0.4, -0.2) is 23.1 Å². The Morgan fingerprint density at radius 1 is 1.25 bits per heavy atom. The monoisotopic (exact) mass is 114 g/mol. The van der Waals surface area contributed by atoms with E-state index in [0.29, 0.717) is 0 Å². The summed E-state index contributed by atoms with van der Waals surface area (Å²) in [5, 5.41) is 0. The molecule has 0 spiro atoms. The Hall–Kier alpha value is 1.02. The molecule has 0 saturated heterocycles. The van der Waals surface area contributed by atoms with E-state index in [4.69, 9.17) is 3.90 Å².